The van der Waals surface area contributed by atoms with Crippen LogP contribution in [0.2, 0.25) is 0 Å². The maximum Gasteiger partial charge on any atom is 0.416 e. The Bertz CT molecular complexity index is 3160. The Labute approximate surface area is 445 Å². The molecule has 1 heterocycles. The summed E-state index contributed by atoms with van der Waals surface area (Å²) in [5.41, 5.74) is -27.1. The molecule has 0 spiro atoms. The molecule has 0 aliphatic heterocycles. The summed E-state index contributed by atoms with van der Waals surface area (Å²) in [5.74, 6) is -0.151. The number of hydrogen-bond acceptors (Lipinski definition) is 0. The summed E-state index contributed by atoms with van der Waals surface area (Å²) < 4.78 is 357. The van der Waals surface area contributed by atoms with Gasteiger partial charge in [0.25, 0.3) is 0 Å². The summed E-state index contributed by atoms with van der Waals surface area (Å²) in [6.07, 6.45) is -52.1. The Morgan fingerprint density at radius 1 is 0.317 bits per heavy atom. The molecule has 0 amide bonds. The summed E-state index contributed by atoms with van der Waals surface area (Å²) in [7, 11) is 0. The number of pyridine rings is 1. The van der Waals surface area contributed by atoms with Crippen LogP contribution in [0.4, 0.5) is 110 Å². The lowest BCUT2D eigenvalue weighted by Crippen LogP contribution is -2.75. The monoisotopic (exact) mass is 1190 g/mol. The third-order valence-electron chi connectivity index (χ3n) is 13.0. The lowest BCUT2D eigenvalue weighted by atomic mass is 9.12. The van der Waals surface area contributed by atoms with Gasteiger partial charge in [-0.05, 0) is 47.3 Å². The second kappa shape index (κ2) is 21.9. The molecule has 0 aliphatic rings. The lowest BCUT2D eigenvalue weighted by Gasteiger charge is -2.46. The zero-order valence-electron chi connectivity index (χ0n) is 40.5. The highest BCUT2D eigenvalue weighted by Crippen LogP contribution is 2.41. The molecule has 7 aromatic carbocycles. The summed E-state index contributed by atoms with van der Waals surface area (Å²) in [6.45, 7) is 0.773. The van der Waals surface area contributed by atoms with Crippen molar-refractivity contribution in [2.45, 2.75) is 62.4 Å². The van der Waals surface area contributed by atoms with Gasteiger partial charge in [0, 0.05) is 17.0 Å². The van der Waals surface area contributed by atoms with E-state index < -0.39 is 195 Å². The Hall–Kier alpha value is -7.74. The predicted octanol–water partition coefficient (Wildman–Crippen LogP) is 16.1. The SMILES string of the molecule is FC(F)(F)c1cc([B-](c2cc(C(F)(F)F)cc(C(F)(F)F)c2)(c2cc(C(F)(F)F)cc(C(F)(F)F)c2)c2cc(C(F)(F)F)cc(C(F)(F)F)c2)cc(C(F)(F)F)c1.Fc1ccccc1Cc1c2ccccc2cc[n+]1Cc1ccccc1. The van der Waals surface area contributed by atoms with Crippen LogP contribution >= 0.6 is 0 Å². The van der Waals surface area contributed by atoms with Crippen molar-refractivity contribution in [3.8, 4) is 0 Å². The Morgan fingerprint density at radius 3 is 0.927 bits per heavy atom. The Kier molecular flexibility index (Phi) is 16.5. The average Bonchev–Trinajstić information content (AvgIpc) is 1.95. The summed E-state index contributed by atoms with van der Waals surface area (Å²) in [6, 6.07) is 19.0. The van der Waals surface area contributed by atoms with Gasteiger partial charge in [0.05, 0.1) is 50.9 Å². The van der Waals surface area contributed by atoms with Crippen molar-refractivity contribution in [3.63, 3.8) is 0 Å². The van der Waals surface area contributed by atoms with E-state index in [1.807, 2.05) is 42.5 Å². The van der Waals surface area contributed by atoms with Crippen molar-refractivity contribution in [1.29, 1.82) is 0 Å². The number of nitrogens with zero attached hydrogens (tertiary/aromatic N) is 1. The molecular weight excluding hydrogens is 1160 g/mol. The van der Waals surface area contributed by atoms with E-state index in [4.69, 9.17) is 0 Å². The summed E-state index contributed by atoms with van der Waals surface area (Å²) >= 11 is 0. The van der Waals surface area contributed by atoms with Crippen molar-refractivity contribution in [3.05, 3.63) is 231 Å². The van der Waals surface area contributed by atoms with Gasteiger partial charge in [-0.1, -0.05) is 115 Å². The fourth-order valence-electron chi connectivity index (χ4n) is 9.34. The van der Waals surface area contributed by atoms with Crippen LogP contribution in [0.5, 0.6) is 0 Å². The Balaban J connectivity index is 0.000000318. The molecule has 0 radical (unpaired) electrons. The van der Waals surface area contributed by atoms with E-state index in [9.17, 15) is 110 Å². The molecule has 82 heavy (non-hydrogen) atoms. The van der Waals surface area contributed by atoms with Crippen LogP contribution in [0, 0.1) is 5.82 Å². The predicted molar refractivity (Wildman–Crippen MR) is 249 cm³/mol. The molecule has 0 N–H and O–H groups in total. The average molecular weight is 1190 g/mol. The van der Waals surface area contributed by atoms with Crippen molar-refractivity contribution in [2.75, 3.05) is 0 Å². The normalized spacial score (nSPS) is 13.3. The first-order chi connectivity index (χ1) is 37.6. The van der Waals surface area contributed by atoms with Crippen LogP contribution in [-0.2, 0) is 62.4 Å². The zero-order valence-corrected chi connectivity index (χ0v) is 40.5. The lowest BCUT2D eigenvalue weighted by molar-refractivity contribution is -0.693. The van der Waals surface area contributed by atoms with Crippen LogP contribution in [0.15, 0.2) is 164 Å². The van der Waals surface area contributed by atoms with Gasteiger partial charge in [-0.2, -0.15) is 132 Å². The van der Waals surface area contributed by atoms with Gasteiger partial charge < -0.3 is 0 Å². The minimum Gasteiger partial charge on any atom is -0.207 e. The third-order valence-corrected chi connectivity index (χ3v) is 13.0. The van der Waals surface area contributed by atoms with Crippen LogP contribution in [0.1, 0.15) is 61.3 Å². The van der Waals surface area contributed by atoms with E-state index in [1.54, 1.807) is 6.07 Å². The van der Waals surface area contributed by atoms with Crippen molar-refractivity contribution < 1.29 is 114 Å². The number of hydrogen-bond donors (Lipinski definition) is 0. The Morgan fingerprint density at radius 2 is 0.610 bits per heavy atom. The number of benzene rings is 7. The molecule has 1 aromatic heterocycles. The first-order valence-electron chi connectivity index (χ1n) is 23.1. The maximum atomic E-state index is 14.2. The van der Waals surface area contributed by atoms with E-state index >= 15 is 0 Å². The number of fused-ring (bicyclic) bond motifs is 1. The number of rotatable bonds is 8. The fraction of sp³-hybridized carbons (Fsp3) is 0.182. The van der Waals surface area contributed by atoms with Crippen molar-refractivity contribution >= 4 is 38.8 Å². The second-order valence-corrected chi connectivity index (χ2v) is 18.5. The topological polar surface area (TPSA) is 3.88 Å². The van der Waals surface area contributed by atoms with Crippen LogP contribution in [0.3, 0.4) is 0 Å². The molecule has 8 aromatic rings. The standard InChI is InChI=1S/C32H12BF24.C23H19FN/c34-25(35,36)13-1-14(26(37,38)39)6-21(5-13)33(22-7-15(27(40,41)42)2-16(8-22)28(43,44)45,23-9-17(29(46,47)48)3-18(10-23)30(49,50)51)24-11-19(31(52,53)54)4-20(12-24)32(55,56)57;24-22-13-7-5-11-20(22)16-23-21-12-6-4-10-19(21)14-15-25(23)17-18-8-2-1-3-9-18/h1-12H;1-15H,16-17H2/q-1;+1. The van der Waals surface area contributed by atoms with E-state index in [2.05, 4.69) is 41.1 Å². The van der Waals surface area contributed by atoms with Gasteiger partial charge in [-0.25, -0.2) is 4.39 Å². The number of aromatic nitrogens is 1. The minimum absolute atomic E-state index is 0.151. The zero-order chi connectivity index (χ0) is 61.0. The fourth-order valence-corrected chi connectivity index (χ4v) is 9.34. The molecular formula is C55H31BF25N. The maximum absolute atomic E-state index is 14.2. The van der Waals surface area contributed by atoms with Gasteiger partial charge in [0.15, 0.2) is 18.4 Å². The third kappa shape index (κ3) is 13.8. The van der Waals surface area contributed by atoms with E-state index in [0.717, 1.165) is 17.8 Å². The number of halogens is 25. The molecule has 0 atom stereocenters. The van der Waals surface area contributed by atoms with E-state index in [1.165, 1.54) is 22.4 Å². The second-order valence-electron chi connectivity index (χ2n) is 18.5. The smallest absolute Gasteiger partial charge is 0.207 e. The molecule has 0 aliphatic carbocycles. The van der Waals surface area contributed by atoms with Crippen molar-refractivity contribution in [1.82, 2.24) is 0 Å². The minimum atomic E-state index is -6.13. The molecule has 1 nitrogen and oxygen atoms in total. The van der Waals surface area contributed by atoms with Gasteiger partial charge in [0.2, 0.25) is 0 Å². The highest BCUT2D eigenvalue weighted by Gasteiger charge is 2.47. The van der Waals surface area contributed by atoms with Crippen LogP contribution in [0.25, 0.3) is 10.8 Å². The quantitative estimate of drug-likeness (QED) is 0.0811. The highest BCUT2D eigenvalue weighted by atomic mass is 19.4. The van der Waals surface area contributed by atoms with E-state index in [-0.39, 0.29) is 5.82 Å². The molecule has 434 valence electrons. The van der Waals surface area contributed by atoms with Crippen molar-refractivity contribution in [2.24, 2.45) is 0 Å². The highest BCUT2D eigenvalue weighted by molar-refractivity contribution is 7.20. The molecule has 8 rings (SSSR count). The number of alkyl halides is 24. The molecule has 0 fully saturated rings. The van der Waals surface area contributed by atoms with Gasteiger partial charge in [-0.3, -0.25) is 0 Å². The molecule has 27 heteroatoms. The van der Waals surface area contributed by atoms with Crippen LogP contribution < -0.4 is 26.4 Å². The van der Waals surface area contributed by atoms with Gasteiger partial charge >= 0.3 is 49.4 Å². The van der Waals surface area contributed by atoms with Gasteiger partial charge in [0.1, 0.15) is 12.0 Å². The van der Waals surface area contributed by atoms with E-state index in [0.29, 0.717) is 6.42 Å². The van der Waals surface area contributed by atoms with Crippen LogP contribution in [-0.4, -0.2) is 6.15 Å². The summed E-state index contributed by atoms with van der Waals surface area (Å²) in [5, 5.41) is 2.35. The summed E-state index contributed by atoms with van der Waals surface area (Å²) in [4.78, 5) is 0. The molecule has 0 bridgehead atoms. The van der Waals surface area contributed by atoms with Gasteiger partial charge in [-0.15, -0.1) is 0 Å². The molecule has 0 saturated carbocycles. The molecule has 0 unspecified atom stereocenters. The first kappa shape index (κ1) is 61.9. The first-order valence-corrected chi connectivity index (χ1v) is 23.1. The largest absolute Gasteiger partial charge is 0.416 e. The molecule has 0 saturated heterocycles.